The molecule has 1 aromatic carbocycles. The Kier molecular flexibility index (Phi) is 9.14. The lowest BCUT2D eigenvalue weighted by Gasteiger charge is -2.25. The van der Waals surface area contributed by atoms with Crippen molar-refractivity contribution in [1.29, 1.82) is 0 Å². The number of amides is 2. The number of ether oxygens (including phenoxy) is 1. The molecule has 0 aliphatic carbocycles. The fourth-order valence-electron chi connectivity index (χ4n) is 3.59. The number of hydrogen-bond acceptors (Lipinski definition) is 5. The second-order valence-corrected chi connectivity index (χ2v) is 7.90. The molecule has 1 aromatic heterocycles. The molecule has 168 valence electrons. The van der Waals surface area contributed by atoms with Crippen molar-refractivity contribution in [3.8, 4) is 11.3 Å². The highest BCUT2D eigenvalue weighted by Crippen LogP contribution is 2.33. The number of nitrogens with two attached hydrogens (primary N) is 1. The maximum absolute atomic E-state index is 12.5. The number of rotatable bonds is 6. The van der Waals surface area contributed by atoms with Gasteiger partial charge in [0.05, 0.1) is 13.2 Å². The Balaban J connectivity index is 0.000000614. The highest BCUT2D eigenvalue weighted by Gasteiger charge is 2.30. The fraction of sp³-hybridized carbons (Fsp3) is 0.455. The van der Waals surface area contributed by atoms with Gasteiger partial charge in [-0.25, -0.2) is 4.79 Å². The van der Waals surface area contributed by atoms with Crippen LogP contribution in [0.15, 0.2) is 36.4 Å². The van der Waals surface area contributed by atoms with E-state index in [1.807, 2.05) is 29.2 Å². The minimum atomic E-state index is -0.901. The average Bonchev–Trinajstić information content (AvgIpc) is 3.42. The van der Waals surface area contributed by atoms with Crippen molar-refractivity contribution in [2.24, 2.45) is 11.7 Å². The molecule has 8 nitrogen and oxygen atoms in total. The molecule has 4 N–H and O–H groups in total. The lowest BCUT2D eigenvalue weighted by Crippen LogP contribution is -2.32. The number of primary amides is 1. The molecule has 0 bridgehead atoms. The van der Waals surface area contributed by atoms with E-state index >= 15 is 0 Å². The van der Waals surface area contributed by atoms with Gasteiger partial charge in [0.25, 0.3) is 0 Å². The lowest BCUT2D eigenvalue weighted by atomic mass is 9.79. The third kappa shape index (κ3) is 6.87. The van der Waals surface area contributed by atoms with Crippen LogP contribution < -0.4 is 11.2 Å². The first-order valence-corrected chi connectivity index (χ1v) is 10.4. The van der Waals surface area contributed by atoms with E-state index in [2.05, 4.69) is 41.4 Å². The Bertz CT molecular complexity index is 853. The molecule has 0 spiro atoms. The first-order valence-electron chi connectivity index (χ1n) is 10.4. The van der Waals surface area contributed by atoms with Crippen LogP contribution in [-0.4, -0.2) is 54.8 Å². The van der Waals surface area contributed by atoms with Crippen LogP contribution in [0.3, 0.4) is 0 Å². The number of benzene rings is 1. The van der Waals surface area contributed by atoms with Gasteiger partial charge in [0, 0.05) is 31.5 Å². The van der Waals surface area contributed by atoms with Gasteiger partial charge in [-0.3, -0.25) is 4.79 Å². The Morgan fingerprint density at radius 3 is 2.42 bits per heavy atom. The molecule has 2 aromatic rings. The predicted octanol–water partition coefficient (Wildman–Crippen LogP) is 2.44. The zero-order valence-corrected chi connectivity index (χ0v) is 18.6. The van der Waals surface area contributed by atoms with Crippen LogP contribution in [0.1, 0.15) is 44.8 Å². The van der Waals surface area contributed by atoms with Crippen molar-refractivity contribution in [2.75, 3.05) is 20.8 Å². The number of carbonyl (C=O) groups excluding carboxylic acids is 2. The largest absolute Gasteiger partial charge is 0.490 e. The van der Waals surface area contributed by atoms with E-state index in [0.717, 1.165) is 41.8 Å². The van der Waals surface area contributed by atoms with Crippen molar-refractivity contribution in [3.05, 3.63) is 42.1 Å². The number of likely N-dealkylation sites (tertiary alicyclic amines) is 1. The Labute approximate surface area is 183 Å². The van der Waals surface area contributed by atoms with Crippen LogP contribution in [0.5, 0.6) is 0 Å². The van der Waals surface area contributed by atoms with E-state index in [4.69, 9.17) is 4.65 Å². The van der Waals surface area contributed by atoms with Gasteiger partial charge in [-0.1, -0.05) is 38.1 Å². The summed E-state index contributed by atoms with van der Waals surface area (Å²) in [7, 11) is 1.80. The van der Waals surface area contributed by atoms with Gasteiger partial charge in [-0.2, -0.15) is 0 Å². The minimum absolute atomic E-state index is 0.143. The summed E-state index contributed by atoms with van der Waals surface area (Å²) in [5.74, 6) is 0.625. The summed E-state index contributed by atoms with van der Waals surface area (Å²) in [4.78, 5) is 27.4. The average molecular weight is 429 g/mol. The maximum atomic E-state index is 12.5. The van der Waals surface area contributed by atoms with Crippen LogP contribution in [-0.2, 0) is 14.2 Å². The highest BCUT2D eigenvalue weighted by atomic mass is 16.5. The molecule has 1 aliphatic heterocycles. The van der Waals surface area contributed by atoms with E-state index < -0.39 is 13.2 Å². The predicted molar refractivity (Wildman–Crippen MR) is 121 cm³/mol. The van der Waals surface area contributed by atoms with E-state index in [1.54, 1.807) is 0 Å². The van der Waals surface area contributed by atoms with Crippen molar-refractivity contribution in [1.82, 2.24) is 9.88 Å². The number of carbonyl (C=O) groups is 2. The normalized spacial score (nSPS) is 15.4. The molecule has 1 atom stereocenters. The topological polar surface area (TPSA) is 118 Å². The number of aromatic nitrogens is 1. The third-order valence-electron chi connectivity index (χ3n) is 5.15. The molecule has 1 aliphatic rings. The Morgan fingerprint density at radius 1 is 1.23 bits per heavy atom. The highest BCUT2D eigenvalue weighted by molar-refractivity contribution is 6.59. The van der Waals surface area contributed by atoms with Gasteiger partial charge < -0.3 is 30.0 Å². The molecule has 2 heterocycles. The zero-order valence-electron chi connectivity index (χ0n) is 18.6. The molecule has 9 heteroatoms. The quantitative estimate of drug-likeness (QED) is 0.610. The van der Waals surface area contributed by atoms with Crippen LogP contribution >= 0.6 is 0 Å². The van der Waals surface area contributed by atoms with Crippen LogP contribution in [0.25, 0.3) is 11.3 Å². The molecule has 2 amide bonds. The first kappa shape index (κ1) is 24.5. The number of methoxy groups -OCH3 is 1. The van der Waals surface area contributed by atoms with Crippen LogP contribution in [0.2, 0.25) is 0 Å². The molecule has 1 saturated heterocycles. The van der Waals surface area contributed by atoms with Gasteiger partial charge in [-0.15, -0.1) is 0 Å². The molecule has 1 fully saturated rings. The molecular formula is C22H32BN3O5. The third-order valence-corrected chi connectivity index (χ3v) is 5.15. The van der Waals surface area contributed by atoms with Crippen LogP contribution in [0, 0.1) is 5.92 Å². The monoisotopic (exact) mass is 429 g/mol. The summed E-state index contributed by atoms with van der Waals surface area (Å²) in [6.07, 6.45) is 1.91. The standard InChI is InChI=1S/C20H27BN2O3.C2H5NO2/c1-14(2)13-20(24)23-12-4-5-19(23)18-11-10-17(22-18)15-6-8-16(9-7-15)21(25)26-3;1-5-2(3)4/h6-11,14,19,22,25H,4-5,12-13H2,1-3H3;1H3,(H2,3,4). The Hall–Kier alpha value is -2.78. The molecule has 0 saturated carbocycles. The maximum Gasteiger partial charge on any atom is 0.490 e. The van der Waals surface area contributed by atoms with Gasteiger partial charge in [0.1, 0.15) is 0 Å². The smallest absolute Gasteiger partial charge is 0.453 e. The first-order chi connectivity index (χ1) is 14.8. The van der Waals surface area contributed by atoms with E-state index in [-0.39, 0.29) is 11.9 Å². The van der Waals surface area contributed by atoms with Crippen LogP contribution in [0.4, 0.5) is 4.79 Å². The number of nitrogens with zero attached hydrogens (tertiary/aromatic N) is 1. The SMILES string of the molecule is COB(O)c1ccc(-c2ccc(C3CCCN3C(=O)CC(C)C)[nH]2)cc1.COC(N)=O. The molecule has 1 unspecified atom stereocenters. The van der Waals surface area contributed by atoms with E-state index in [1.165, 1.54) is 14.2 Å². The lowest BCUT2D eigenvalue weighted by molar-refractivity contribution is -0.133. The zero-order chi connectivity index (χ0) is 23.0. The molecule has 31 heavy (non-hydrogen) atoms. The summed E-state index contributed by atoms with van der Waals surface area (Å²) >= 11 is 0. The summed E-state index contributed by atoms with van der Waals surface area (Å²) < 4.78 is 8.81. The van der Waals surface area contributed by atoms with Gasteiger partial charge in [0.2, 0.25) is 5.91 Å². The fourth-order valence-corrected chi connectivity index (χ4v) is 3.59. The molecular weight excluding hydrogens is 397 g/mol. The number of nitrogens with one attached hydrogen (secondary N) is 1. The second-order valence-electron chi connectivity index (χ2n) is 7.90. The van der Waals surface area contributed by atoms with Crippen molar-refractivity contribution in [3.63, 3.8) is 0 Å². The minimum Gasteiger partial charge on any atom is -0.453 e. The number of hydrogen-bond donors (Lipinski definition) is 3. The van der Waals surface area contributed by atoms with E-state index in [0.29, 0.717) is 12.3 Å². The Morgan fingerprint density at radius 2 is 1.87 bits per heavy atom. The van der Waals surface area contributed by atoms with Crippen molar-refractivity contribution in [2.45, 2.75) is 39.2 Å². The van der Waals surface area contributed by atoms with Gasteiger partial charge in [0.15, 0.2) is 0 Å². The van der Waals surface area contributed by atoms with Gasteiger partial charge in [-0.05, 0) is 41.9 Å². The molecule has 3 rings (SSSR count). The van der Waals surface area contributed by atoms with E-state index in [9.17, 15) is 14.6 Å². The summed E-state index contributed by atoms with van der Waals surface area (Å²) in [5, 5.41) is 9.71. The van der Waals surface area contributed by atoms with Gasteiger partial charge >= 0.3 is 13.2 Å². The summed E-state index contributed by atoms with van der Waals surface area (Å²) in [6, 6.07) is 11.9. The number of H-pyrrole nitrogens is 1. The summed E-state index contributed by atoms with van der Waals surface area (Å²) in [5.41, 5.74) is 8.31. The molecule has 0 radical (unpaired) electrons. The number of aromatic amines is 1. The second kappa shape index (κ2) is 11.6. The van der Waals surface area contributed by atoms with Crippen molar-refractivity contribution >= 4 is 24.6 Å². The van der Waals surface area contributed by atoms with Crippen molar-refractivity contribution < 1.29 is 24.0 Å². The summed E-state index contributed by atoms with van der Waals surface area (Å²) in [6.45, 7) is 5.01.